The minimum absolute atomic E-state index is 0.0307. The Bertz CT molecular complexity index is 180. The third-order valence-corrected chi connectivity index (χ3v) is 2.45. The topological polar surface area (TPSA) is 70.4 Å². The summed E-state index contributed by atoms with van der Waals surface area (Å²) in [5, 5.41) is 5.94. The Morgan fingerprint density at radius 3 is 2.86 bits per heavy atom. The zero-order valence-corrected chi connectivity index (χ0v) is 8.75. The smallest absolute Gasteiger partial charge is 0.317 e. The number of carbonyl (C=O) groups is 1. The molecule has 0 aromatic carbocycles. The van der Waals surface area contributed by atoms with Crippen molar-refractivity contribution in [2.45, 2.75) is 6.42 Å². The van der Waals surface area contributed by atoms with Crippen LogP contribution in [-0.4, -0.2) is 50.7 Å². The molecule has 1 fully saturated rings. The molecule has 1 aliphatic heterocycles. The van der Waals surface area contributed by atoms with Gasteiger partial charge in [-0.3, -0.25) is 0 Å². The van der Waals surface area contributed by atoms with Gasteiger partial charge < -0.3 is 21.3 Å². The summed E-state index contributed by atoms with van der Waals surface area (Å²) in [6.45, 7) is 4.45. The summed E-state index contributed by atoms with van der Waals surface area (Å²) in [5.41, 5.74) is 5.37. The van der Waals surface area contributed by atoms with E-state index in [0.29, 0.717) is 5.92 Å². The Kier molecular flexibility index (Phi) is 4.69. The maximum atomic E-state index is 11.1. The molecular weight excluding hydrogens is 180 g/mol. The molecule has 5 nitrogen and oxygen atoms in total. The fourth-order valence-electron chi connectivity index (χ4n) is 1.56. The quantitative estimate of drug-likeness (QED) is 0.509. The number of nitrogens with zero attached hydrogens (tertiary/aromatic N) is 1. The first-order valence-corrected chi connectivity index (χ1v) is 5.15. The van der Waals surface area contributed by atoms with Crippen molar-refractivity contribution in [1.29, 1.82) is 0 Å². The van der Waals surface area contributed by atoms with Gasteiger partial charge in [0.2, 0.25) is 0 Å². The monoisotopic (exact) mass is 200 g/mol. The number of hydrogen-bond donors (Lipinski definition) is 3. The standard InChI is InChI=1S/C9H20N4O/c1-11-9(14)13-6-8(7-13)5-12-4-2-3-10/h8,12H,2-7,10H2,1H3,(H,11,14). The van der Waals surface area contributed by atoms with Crippen molar-refractivity contribution < 1.29 is 4.79 Å². The van der Waals surface area contributed by atoms with Gasteiger partial charge in [-0.1, -0.05) is 0 Å². The number of likely N-dealkylation sites (tertiary alicyclic amines) is 1. The molecule has 1 saturated heterocycles. The Morgan fingerprint density at radius 2 is 2.29 bits per heavy atom. The van der Waals surface area contributed by atoms with Crippen LogP contribution in [0.5, 0.6) is 0 Å². The number of hydrogen-bond acceptors (Lipinski definition) is 3. The van der Waals surface area contributed by atoms with Gasteiger partial charge in [-0.05, 0) is 19.5 Å². The highest BCUT2D eigenvalue weighted by atomic mass is 16.2. The number of nitrogens with one attached hydrogen (secondary N) is 2. The molecule has 0 bridgehead atoms. The minimum atomic E-state index is 0.0307. The van der Waals surface area contributed by atoms with Crippen LogP contribution in [0.1, 0.15) is 6.42 Å². The predicted octanol–water partition coefficient (Wildman–Crippen LogP) is -0.804. The first kappa shape index (κ1) is 11.3. The van der Waals surface area contributed by atoms with Crippen molar-refractivity contribution in [3.63, 3.8) is 0 Å². The van der Waals surface area contributed by atoms with E-state index in [9.17, 15) is 4.79 Å². The SMILES string of the molecule is CNC(=O)N1CC(CNCCCN)C1. The number of rotatable bonds is 5. The largest absolute Gasteiger partial charge is 0.341 e. The van der Waals surface area contributed by atoms with E-state index in [0.717, 1.165) is 39.1 Å². The van der Waals surface area contributed by atoms with Crippen LogP contribution in [0.4, 0.5) is 4.79 Å². The normalized spacial score (nSPS) is 16.6. The lowest BCUT2D eigenvalue weighted by Gasteiger charge is -2.39. The summed E-state index contributed by atoms with van der Waals surface area (Å²) in [5.74, 6) is 0.616. The molecule has 0 aliphatic carbocycles. The van der Waals surface area contributed by atoms with Crippen LogP contribution < -0.4 is 16.4 Å². The second-order valence-corrected chi connectivity index (χ2v) is 3.67. The van der Waals surface area contributed by atoms with Crippen LogP contribution in [0.3, 0.4) is 0 Å². The van der Waals surface area contributed by atoms with Crippen molar-refractivity contribution in [1.82, 2.24) is 15.5 Å². The van der Waals surface area contributed by atoms with E-state index >= 15 is 0 Å². The van der Waals surface area contributed by atoms with Gasteiger partial charge in [0, 0.05) is 32.6 Å². The summed E-state index contributed by atoms with van der Waals surface area (Å²) in [6, 6.07) is 0.0307. The average molecular weight is 200 g/mol. The molecule has 0 atom stereocenters. The molecule has 0 spiro atoms. The molecule has 2 amide bonds. The van der Waals surface area contributed by atoms with E-state index in [-0.39, 0.29) is 6.03 Å². The van der Waals surface area contributed by atoms with Crippen molar-refractivity contribution in [2.24, 2.45) is 11.7 Å². The van der Waals surface area contributed by atoms with Crippen molar-refractivity contribution in [3.05, 3.63) is 0 Å². The van der Waals surface area contributed by atoms with Crippen molar-refractivity contribution in [3.8, 4) is 0 Å². The number of urea groups is 1. The summed E-state index contributed by atoms with van der Waals surface area (Å²) in [7, 11) is 1.66. The highest BCUT2D eigenvalue weighted by Gasteiger charge is 2.29. The van der Waals surface area contributed by atoms with Gasteiger partial charge in [0.05, 0.1) is 0 Å². The average Bonchev–Trinajstić information content (AvgIpc) is 2.14. The first-order chi connectivity index (χ1) is 6.77. The number of carbonyl (C=O) groups excluding carboxylic acids is 1. The molecule has 0 aromatic rings. The van der Waals surface area contributed by atoms with Crippen LogP contribution in [-0.2, 0) is 0 Å². The van der Waals surface area contributed by atoms with Crippen LogP contribution in [0.15, 0.2) is 0 Å². The highest BCUT2D eigenvalue weighted by Crippen LogP contribution is 2.13. The van der Waals surface area contributed by atoms with Crippen LogP contribution in [0.25, 0.3) is 0 Å². The predicted molar refractivity (Wildman–Crippen MR) is 56.1 cm³/mol. The molecule has 1 aliphatic rings. The van der Waals surface area contributed by atoms with Crippen LogP contribution in [0, 0.1) is 5.92 Å². The molecule has 0 radical (unpaired) electrons. The maximum Gasteiger partial charge on any atom is 0.317 e. The fourth-order valence-corrected chi connectivity index (χ4v) is 1.56. The lowest BCUT2D eigenvalue weighted by Crippen LogP contribution is -2.55. The van der Waals surface area contributed by atoms with Gasteiger partial charge in [-0.15, -0.1) is 0 Å². The number of nitrogens with two attached hydrogens (primary N) is 1. The molecule has 1 heterocycles. The molecule has 0 saturated carbocycles. The minimum Gasteiger partial charge on any atom is -0.341 e. The lowest BCUT2D eigenvalue weighted by molar-refractivity contribution is 0.121. The maximum absolute atomic E-state index is 11.1. The Balaban J connectivity index is 1.96. The van der Waals surface area contributed by atoms with Crippen LogP contribution in [0.2, 0.25) is 0 Å². The Hall–Kier alpha value is -0.810. The van der Waals surface area contributed by atoms with Crippen LogP contribution >= 0.6 is 0 Å². The molecular formula is C9H20N4O. The van der Waals surface area contributed by atoms with Gasteiger partial charge >= 0.3 is 6.03 Å². The molecule has 82 valence electrons. The molecule has 14 heavy (non-hydrogen) atoms. The second-order valence-electron chi connectivity index (χ2n) is 3.67. The molecule has 4 N–H and O–H groups in total. The van der Waals surface area contributed by atoms with E-state index in [1.165, 1.54) is 0 Å². The van der Waals surface area contributed by atoms with E-state index in [2.05, 4.69) is 10.6 Å². The second kappa shape index (κ2) is 5.82. The summed E-state index contributed by atoms with van der Waals surface area (Å²) in [4.78, 5) is 12.9. The van der Waals surface area contributed by atoms with Gasteiger partial charge in [-0.25, -0.2) is 4.79 Å². The highest BCUT2D eigenvalue weighted by molar-refractivity contribution is 5.74. The van der Waals surface area contributed by atoms with Crippen molar-refractivity contribution >= 4 is 6.03 Å². The summed E-state index contributed by atoms with van der Waals surface area (Å²) in [6.07, 6.45) is 1.02. The fraction of sp³-hybridized carbons (Fsp3) is 0.889. The third-order valence-electron chi connectivity index (χ3n) is 2.45. The first-order valence-electron chi connectivity index (χ1n) is 5.15. The molecule has 5 heteroatoms. The van der Waals surface area contributed by atoms with E-state index in [1.54, 1.807) is 7.05 Å². The molecule has 1 rings (SSSR count). The Morgan fingerprint density at radius 1 is 1.57 bits per heavy atom. The Labute approximate surface area is 85.0 Å². The van der Waals surface area contributed by atoms with Gasteiger partial charge in [-0.2, -0.15) is 0 Å². The molecule has 0 aromatic heterocycles. The summed E-state index contributed by atoms with van der Waals surface area (Å²) >= 11 is 0. The van der Waals surface area contributed by atoms with Gasteiger partial charge in [0.25, 0.3) is 0 Å². The number of amides is 2. The third kappa shape index (κ3) is 3.16. The van der Waals surface area contributed by atoms with Crippen molar-refractivity contribution in [2.75, 3.05) is 39.8 Å². The van der Waals surface area contributed by atoms with E-state index < -0.39 is 0 Å². The van der Waals surface area contributed by atoms with Gasteiger partial charge in [0.1, 0.15) is 0 Å². The molecule has 0 unspecified atom stereocenters. The van der Waals surface area contributed by atoms with Gasteiger partial charge in [0.15, 0.2) is 0 Å². The zero-order valence-electron chi connectivity index (χ0n) is 8.75. The zero-order chi connectivity index (χ0) is 10.4. The summed E-state index contributed by atoms with van der Waals surface area (Å²) < 4.78 is 0. The van der Waals surface area contributed by atoms with E-state index in [1.807, 2.05) is 4.90 Å². The lowest BCUT2D eigenvalue weighted by atomic mass is 10.0. The van der Waals surface area contributed by atoms with E-state index in [4.69, 9.17) is 5.73 Å².